The van der Waals surface area contributed by atoms with Crippen LogP contribution >= 0.6 is 27.3 Å². The number of hydrogen-bond acceptors (Lipinski definition) is 4. The lowest BCUT2D eigenvalue weighted by Crippen LogP contribution is -2.17. The zero-order valence-corrected chi connectivity index (χ0v) is 13.3. The Balaban J connectivity index is 1.63. The minimum absolute atomic E-state index is 0.266. The Labute approximate surface area is 129 Å². The van der Waals surface area contributed by atoms with Gasteiger partial charge in [0.2, 0.25) is 0 Å². The lowest BCUT2D eigenvalue weighted by Gasteiger charge is -2.01. The lowest BCUT2D eigenvalue weighted by molar-refractivity contribution is 0.630. The molecule has 1 aliphatic carbocycles. The van der Waals surface area contributed by atoms with Crippen LogP contribution in [0.2, 0.25) is 0 Å². The van der Waals surface area contributed by atoms with E-state index >= 15 is 0 Å². The molecule has 20 heavy (non-hydrogen) atoms. The first-order valence-electron chi connectivity index (χ1n) is 6.74. The Bertz CT molecular complexity index is 578. The molecule has 3 nitrogen and oxygen atoms in total. The van der Waals surface area contributed by atoms with E-state index in [9.17, 15) is 4.39 Å². The fourth-order valence-electron chi connectivity index (χ4n) is 1.99. The van der Waals surface area contributed by atoms with E-state index in [1.807, 2.05) is 6.07 Å². The van der Waals surface area contributed by atoms with E-state index in [0.717, 1.165) is 34.9 Å². The molecule has 6 heteroatoms. The quantitative estimate of drug-likeness (QED) is 0.801. The Kier molecular flexibility index (Phi) is 4.43. The van der Waals surface area contributed by atoms with Crippen LogP contribution in [0.1, 0.15) is 24.3 Å². The predicted octanol–water partition coefficient (Wildman–Crippen LogP) is 3.79. The van der Waals surface area contributed by atoms with Gasteiger partial charge in [-0.25, -0.2) is 4.39 Å². The summed E-state index contributed by atoms with van der Waals surface area (Å²) in [6.07, 6.45) is 4.56. The van der Waals surface area contributed by atoms with Gasteiger partial charge in [0.15, 0.2) is 5.01 Å². The third kappa shape index (κ3) is 3.42. The highest BCUT2D eigenvalue weighted by atomic mass is 79.9. The summed E-state index contributed by atoms with van der Waals surface area (Å²) in [5, 5.41) is 13.3. The van der Waals surface area contributed by atoms with Gasteiger partial charge in [0.05, 0.1) is 5.56 Å². The zero-order valence-electron chi connectivity index (χ0n) is 10.9. The van der Waals surface area contributed by atoms with Crippen molar-refractivity contribution in [2.24, 2.45) is 0 Å². The molecule has 0 aliphatic heterocycles. The lowest BCUT2D eigenvalue weighted by atomic mass is 10.2. The molecule has 0 amide bonds. The summed E-state index contributed by atoms with van der Waals surface area (Å²) in [7, 11) is 0. The molecule has 1 N–H and O–H groups in total. The number of rotatable bonds is 6. The second-order valence-electron chi connectivity index (χ2n) is 4.93. The standard InChI is InChI=1S/C14H15BrFN3S/c15-10-3-1-4-11(16)13(10)14-19-18-12(20-14)5-2-8-17-9-6-7-9/h1,3-4,9,17H,2,5-8H2. The fraction of sp³-hybridized carbons (Fsp3) is 0.429. The summed E-state index contributed by atoms with van der Waals surface area (Å²) in [6.45, 7) is 1.02. The molecular weight excluding hydrogens is 341 g/mol. The van der Waals surface area contributed by atoms with Crippen LogP contribution in [-0.2, 0) is 6.42 Å². The highest BCUT2D eigenvalue weighted by molar-refractivity contribution is 9.10. The first-order chi connectivity index (χ1) is 9.74. The highest BCUT2D eigenvalue weighted by Gasteiger charge is 2.19. The minimum Gasteiger partial charge on any atom is -0.314 e. The zero-order chi connectivity index (χ0) is 13.9. The number of nitrogens with zero attached hydrogens (tertiary/aromatic N) is 2. The van der Waals surface area contributed by atoms with Crippen LogP contribution in [0, 0.1) is 5.82 Å². The summed E-state index contributed by atoms with van der Waals surface area (Å²) in [6, 6.07) is 5.68. The summed E-state index contributed by atoms with van der Waals surface area (Å²) in [5.41, 5.74) is 0.507. The van der Waals surface area contributed by atoms with Crippen molar-refractivity contribution in [1.29, 1.82) is 0 Å². The molecule has 0 saturated heterocycles. The Hall–Kier alpha value is -0.850. The van der Waals surface area contributed by atoms with Crippen molar-refractivity contribution in [3.63, 3.8) is 0 Å². The van der Waals surface area contributed by atoms with E-state index in [1.165, 1.54) is 30.2 Å². The number of benzene rings is 1. The van der Waals surface area contributed by atoms with Crippen LogP contribution in [0.3, 0.4) is 0 Å². The number of halogens is 2. The van der Waals surface area contributed by atoms with E-state index in [0.29, 0.717) is 10.6 Å². The van der Waals surface area contributed by atoms with Gasteiger partial charge in [0, 0.05) is 16.9 Å². The molecule has 1 fully saturated rings. The Morgan fingerprint density at radius 2 is 2.20 bits per heavy atom. The van der Waals surface area contributed by atoms with Gasteiger partial charge in [-0.3, -0.25) is 0 Å². The molecule has 106 valence electrons. The molecule has 1 aromatic heterocycles. The maximum atomic E-state index is 13.8. The van der Waals surface area contributed by atoms with Crippen molar-refractivity contribution in [3.05, 3.63) is 33.5 Å². The second-order valence-corrected chi connectivity index (χ2v) is 6.85. The van der Waals surface area contributed by atoms with Gasteiger partial charge in [-0.2, -0.15) is 0 Å². The van der Waals surface area contributed by atoms with Crippen LogP contribution in [0.5, 0.6) is 0 Å². The van der Waals surface area contributed by atoms with E-state index in [2.05, 4.69) is 31.4 Å². The van der Waals surface area contributed by atoms with Crippen molar-refractivity contribution < 1.29 is 4.39 Å². The molecule has 1 heterocycles. The topological polar surface area (TPSA) is 37.8 Å². The van der Waals surface area contributed by atoms with E-state index in [4.69, 9.17) is 0 Å². The normalized spacial score (nSPS) is 14.7. The third-order valence-electron chi connectivity index (χ3n) is 3.22. The summed E-state index contributed by atoms with van der Waals surface area (Å²) in [5.74, 6) is -0.266. The van der Waals surface area contributed by atoms with Gasteiger partial charge in [0.1, 0.15) is 10.8 Å². The molecule has 1 aromatic carbocycles. The number of hydrogen-bond donors (Lipinski definition) is 1. The van der Waals surface area contributed by atoms with Crippen molar-refractivity contribution >= 4 is 27.3 Å². The molecule has 0 atom stereocenters. The molecular formula is C14H15BrFN3S. The van der Waals surface area contributed by atoms with Crippen molar-refractivity contribution in [3.8, 4) is 10.6 Å². The van der Waals surface area contributed by atoms with Crippen LogP contribution < -0.4 is 5.32 Å². The Morgan fingerprint density at radius 1 is 1.35 bits per heavy atom. The van der Waals surface area contributed by atoms with Crippen LogP contribution in [-0.4, -0.2) is 22.8 Å². The molecule has 2 aromatic rings. The highest BCUT2D eigenvalue weighted by Crippen LogP contribution is 2.32. The van der Waals surface area contributed by atoms with Crippen LogP contribution in [0.4, 0.5) is 4.39 Å². The monoisotopic (exact) mass is 355 g/mol. The number of aromatic nitrogens is 2. The predicted molar refractivity (Wildman–Crippen MR) is 82.3 cm³/mol. The SMILES string of the molecule is Fc1cccc(Br)c1-c1nnc(CCCNC2CC2)s1. The van der Waals surface area contributed by atoms with Crippen molar-refractivity contribution in [1.82, 2.24) is 15.5 Å². The van der Waals surface area contributed by atoms with Gasteiger partial charge in [0.25, 0.3) is 0 Å². The maximum Gasteiger partial charge on any atom is 0.151 e. The summed E-state index contributed by atoms with van der Waals surface area (Å²) >= 11 is 4.84. The average molecular weight is 356 g/mol. The second kappa shape index (κ2) is 6.28. The number of nitrogens with one attached hydrogen (secondary N) is 1. The summed E-state index contributed by atoms with van der Waals surface area (Å²) in [4.78, 5) is 0. The smallest absolute Gasteiger partial charge is 0.151 e. The molecule has 1 aliphatic rings. The Morgan fingerprint density at radius 3 is 2.95 bits per heavy atom. The maximum absolute atomic E-state index is 13.8. The fourth-order valence-corrected chi connectivity index (χ4v) is 3.59. The van der Waals surface area contributed by atoms with Crippen LogP contribution in [0.25, 0.3) is 10.6 Å². The first kappa shape index (κ1) is 14.1. The average Bonchev–Trinajstić information content (AvgIpc) is 3.13. The van der Waals surface area contributed by atoms with Gasteiger partial charge >= 0.3 is 0 Å². The number of aryl methyl sites for hydroxylation is 1. The summed E-state index contributed by atoms with van der Waals surface area (Å²) < 4.78 is 14.6. The van der Waals surface area contributed by atoms with Gasteiger partial charge in [-0.1, -0.05) is 17.4 Å². The molecule has 0 radical (unpaired) electrons. The third-order valence-corrected chi connectivity index (χ3v) is 4.88. The van der Waals surface area contributed by atoms with Gasteiger partial charge in [-0.15, -0.1) is 10.2 Å². The molecule has 3 rings (SSSR count). The largest absolute Gasteiger partial charge is 0.314 e. The molecule has 1 saturated carbocycles. The molecule has 0 bridgehead atoms. The van der Waals surface area contributed by atoms with Crippen molar-refractivity contribution in [2.45, 2.75) is 31.7 Å². The van der Waals surface area contributed by atoms with Crippen molar-refractivity contribution in [2.75, 3.05) is 6.54 Å². The van der Waals surface area contributed by atoms with E-state index in [-0.39, 0.29) is 5.82 Å². The minimum atomic E-state index is -0.266. The van der Waals surface area contributed by atoms with E-state index in [1.54, 1.807) is 6.07 Å². The van der Waals surface area contributed by atoms with Gasteiger partial charge in [-0.05, 0) is 53.9 Å². The molecule has 0 spiro atoms. The van der Waals surface area contributed by atoms with Gasteiger partial charge < -0.3 is 5.32 Å². The molecule has 0 unspecified atom stereocenters. The van der Waals surface area contributed by atoms with Crippen LogP contribution in [0.15, 0.2) is 22.7 Å². The first-order valence-corrected chi connectivity index (χ1v) is 8.35. The van der Waals surface area contributed by atoms with E-state index < -0.39 is 0 Å².